The number of fused-ring (bicyclic) bond motifs is 1. The maximum absolute atomic E-state index is 11.5. The van der Waals surface area contributed by atoms with Crippen molar-refractivity contribution in [3.05, 3.63) is 21.6 Å². The van der Waals surface area contributed by atoms with Gasteiger partial charge in [0.25, 0.3) is 5.56 Å². The second kappa shape index (κ2) is 3.35. The fraction of sp³-hybridized carbons (Fsp3) is 0.625. The van der Waals surface area contributed by atoms with Gasteiger partial charge in [0, 0.05) is 13.2 Å². The molecule has 2 rings (SSSR count). The summed E-state index contributed by atoms with van der Waals surface area (Å²) in [6.07, 6.45) is 0.597. The van der Waals surface area contributed by atoms with Gasteiger partial charge in [0.05, 0.1) is 24.5 Å². The van der Waals surface area contributed by atoms with Crippen molar-refractivity contribution in [3.8, 4) is 0 Å². The van der Waals surface area contributed by atoms with Gasteiger partial charge in [-0.05, 0) is 6.42 Å². The van der Waals surface area contributed by atoms with E-state index in [9.17, 15) is 4.79 Å². The van der Waals surface area contributed by atoms with Crippen LogP contribution in [0.3, 0.4) is 0 Å². The van der Waals surface area contributed by atoms with Crippen molar-refractivity contribution in [3.63, 3.8) is 0 Å². The van der Waals surface area contributed by atoms with E-state index in [1.165, 1.54) is 4.68 Å². The van der Waals surface area contributed by atoms with Crippen LogP contribution >= 0.6 is 0 Å². The third-order valence-corrected chi connectivity index (χ3v) is 2.17. The number of aliphatic hydroxyl groups is 1. The van der Waals surface area contributed by atoms with Crippen molar-refractivity contribution in [1.29, 1.82) is 0 Å². The molecule has 1 aliphatic rings. The van der Waals surface area contributed by atoms with Crippen molar-refractivity contribution >= 4 is 0 Å². The summed E-state index contributed by atoms with van der Waals surface area (Å²) in [5.41, 5.74) is 1.60. The molecule has 1 aromatic heterocycles. The third-order valence-electron chi connectivity index (χ3n) is 2.17. The SMILES string of the molecule is O=c1c2c([nH]n1CCCO)COC2. The Morgan fingerprint density at radius 1 is 1.54 bits per heavy atom. The summed E-state index contributed by atoms with van der Waals surface area (Å²) in [4.78, 5) is 11.5. The summed E-state index contributed by atoms with van der Waals surface area (Å²) in [6, 6.07) is 0. The van der Waals surface area contributed by atoms with Crippen LogP contribution in [0.25, 0.3) is 0 Å². The molecule has 0 fully saturated rings. The number of nitrogens with one attached hydrogen (secondary N) is 1. The molecule has 1 aliphatic heterocycles. The fourth-order valence-corrected chi connectivity index (χ4v) is 1.48. The van der Waals surface area contributed by atoms with Crippen molar-refractivity contribution in [1.82, 2.24) is 9.78 Å². The van der Waals surface area contributed by atoms with Crippen molar-refractivity contribution in [2.24, 2.45) is 0 Å². The first-order valence-corrected chi connectivity index (χ1v) is 4.32. The van der Waals surface area contributed by atoms with Crippen molar-refractivity contribution in [2.75, 3.05) is 6.61 Å². The van der Waals surface area contributed by atoms with Gasteiger partial charge < -0.3 is 9.84 Å². The van der Waals surface area contributed by atoms with Gasteiger partial charge >= 0.3 is 0 Å². The first kappa shape index (κ1) is 8.52. The molecular weight excluding hydrogens is 172 g/mol. The molecule has 2 heterocycles. The van der Waals surface area contributed by atoms with E-state index in [0.717, 1.165) is 11.3 Å². The Morgan fingerprint density at radius 3 is 3.08 bits per heavy atom. The second-order valence-electron chi connectivity index (χ2n) is 3.10. The highest BCUT2D eigenvalue weighted by atomic mass is 16.5. The molecule has 1 aromatic rings. The number of H-pyrrole nitrogens is 1. The monoisotopic (exact) mass is 184 g/mol. The average molecular weight is 184 g/mol. The number of aromatic amines is 1. The predicted molar refractivity (Wildman–Crippen MR) is 45.2 cm³/mol. The smallest absolute Gasteiger partial charge is 0.272 e. The number of aromatic nitrogens is 2. The lowest BCUT2D eigenvalue weighted by molar-refractivity contribution is 0.130. The van der Waals surface area contributed by atoms with E-state index in [4.69, 9.17) is 9.84 Å². The largest absolute Gasteiger partial charge is 0.396 e. The van der Waals surface area contributed by atoms with Gasteiger partial charge in [0.2, 0.25) is 0 Å². The van der Waals surface area contributed by atoms with Crippen LogP contribution in [0.5, 0.6) is 0 Å². The highest BCUT2D eigenvalue weighted by Gasteiger charge is 2.19. The molecule has 0 saturated carbocycles. The molecular formula is C8H12N2O3. The predicted octanol–water partition coefficient (Wildman–Crippen LogP) is -0.411. The molecule has 0 bridgehead atoms. The molecule has 0 aromatic carbocycles. The number of aliphatic hydroxyl groups excluding tert-OH is 1. The molecule has 0 atom stereocenters. The molecule has 0 saturated heterocycles. The van der Waals surface area contributed by atoms with Crippen molar-refractivity contribution < 1.29 is 9.84 Å². The van der Waals surface area contributed by atoms with Crippen LogP contribution in [-0.2, 0) is 24.5 Å². The van der Waals surface area contributed by atoms with Gasteiger partial charge in [-0.25, -0.2) is 0 Å². The standard InChI is InChI=1S/C8H12N2O3/c11-3-1-2-10-8(12)6-4-13-5-7(6)9-10/h9,11H,1-5H2. The number of ether oxygens (including phenoxy) is 1. The van der Waals surface area contributed by atoms with Crippen LogP contribution in [0, 0.1) is 0 Å². The summed E-state index contributed by atoms with van der Waals surface area (Å²) >= 11 is 0. The van der Waals surface area contributed by atoms with Crippen LogP contribution < -0.4 is 5.56 Å². The summed E-state index contributed by atoms with van der Waals surface area (Å²) in [5, 5.41) is 11.6. The Hall–Kier alpha value is -1.07. The lowest BCUT2D eigenvalue weighted by atomic mass is 10.3. The van der Waals surface area contributed by atoms with Crippen LogP contribution in [0.4, 0.5) is 0 Å². The van der Waals surface area contributed by atoms with E-state index in [1.54, 1.807) is 0 Å². The minimum absolute atomic E-state index is 0.0130. The van der Waals surface area contributed by atoms with Crippen LogP contribution in [-0.4, -0.2) is 21.5 Å². The zero-order valence-electron chi connectivity index (χ0n) is 7.25. The summed E-state index contributed by atoms with van der Waals surface area (Å²) in [7, 11) is 0. The molecule has 13 heavy (non-hydrogen) atoms. The van der Waals surface area contributed by atoms with E-state index in [-0.39, 0.29) is 12.2 Å². The van der Waals surface area contributed by atoms with E-state index in [0.29, 0.717) is 26.2 Å². The topological polar surface area (TPSA) is 67.2 Å². The summed E-state index contributed by atoms with van der Waals surface area (Å²) in [5.74, 6) is 0. The molecule has 0 unspecified atom stereocenters. The van der Waals surface area contributed by atoms with Gasteiger partial charge in [-0.2, -0.15) is 0 Å². The normalized spacial score (nSPS) is 14.8. The second-order valence-corrected chi connectivity index (χ2v) is 3.10. The van der Waals surface area contributed by atoms with Gasteiger partial charge in [0.15, 0.2) is 0 Å². The van der Waals surface area contributed by atoms with Crippen LogP contribution in [0.15, 0.2) is 4.79 Å². The highest BCUT2D eigenvalue weighted by Crippen LogP contribution is 2.12. The molecule has 0 amide bonds. The Labute approximate surface area is 74.9 Å². The zero-order valence-corrected chi connectivity index (χ0v) is 7.25. The number of hydrogen-bond acceptors (Lipinski definition) is 3. The minimum Gasteiger partial charge on any atom is -0.396 e. The van der Waals surface area contributed by atoms with Gasteiger partial charge in [0.1, 0.15) is 0 Å². The Balaban J connectivity index is 2.24. The maximum atomic E-state index is 11.5. The van der Waals surface area contributed by atoms with Crippen molar-refractivity contribution in [2.45, 2.75) is 26.2 Å². The number of rotatable bonds is 3. The first-order valence-electron chi connectivity index (χ1n) is 4.32. The van der Waals surface area contributed by atoms with Crippen LogP contribution in [0.2, 0.25) is 0 Å². The molecule has 0 aliphatic carbocycles. The fourth-order valence-electron chi connectivity index (χ4n) is 1.48. The first-order chi connectivity index (χ1) is 6.33. The van der Waals surface area contributed by atoms with Crippen LogP contribution in [0.1, 0.15) is 17.7 Å². The zero-order chi connectivity index (χ0) is 9.26. The van der Waals surface area contributed by atoms with Gasteiger partial charge in [-0.1, -0.05) is 0 Å². The molecule has 0 radical (unpaired) electrons. The van der Waals surface area contributed by atoms with E-state index in [2.05, 4.69) is 5.10 Å². The van der Waals surface area contributed by atoms with Gasteiger partial charge in [-0.15, -0.1) is 0 Å². The minimum atomic E-state index is -0.0130. The molecule has 5 nitrogen and oxygen atoms in total. The Kier molecular flexibility index (Phi) is 2.20. The molecule has 2 N–H and O–H groups in total. The van der Waals surface area contributed by atoms with E-state index < -0.39 is 0 Å². The maximum Gasteiger partial charge on any atom is 0.272 e. The lowest BCUT2D eigenvalue weighted by Crippen LogP contribution is -2.19. The Morgan fingerprint density at radius 2 is 2.38 bits per heavy atom. The van der Waals surface area contributed by atoms with Gasteiger partial charge in [-0.3, -0.25) is 14.6 Å². The molecule has 72 valence electrons. The number of hydrogen-bond donors (Lipinski definition) is 2. The lowest BCUT2D eigenvalue weighted by Gasteiger charge is -1.99. The quantitative estimate of drug-likeness (QED) is 0.671. The number of nitrogens with zero attached hydrogens (tertiary/aromatic N) is 1. The summed E-state index contributed by atoms with van der Waals surface area (Å²) in [6.45, 7) is 1.56. The molecule has 0 spiro atoms. The third kappa shape index (κ3) is 1.40. The summed E-state index contributed by atoms with van der Waals surface area (Å²) < 4.78 is 6.63. The number of aryl methyl sites for hydroxylation is 1. The highest BCUT2D eigenvalue weighted by molar-refractivity contribution is 5.18. The Bertz CT molecular complexity index is 353. The van der Waals surface area contributed by atoms with E-state index >= 15 is 0 Å². The molecule has 5 heteroatoms. The van der Waals surface area contributed by atoms with E-state index in [1.807, 2.05) is 0 Å². The average Bonchev–Trinajstić information content (AvgIpc) is 2.67.